The minimum Gasteiger partial charge on any atom is -0.351 e. The van der Waals surface area contributed by atoms with E-state index in [1.807, 2.05) is 17.9 Å². The lowest BCUT2D eigenvalue weighted by atomic mass is 9.92. The van der Waals surface area contributed by atoms with Gasteiger partial charge in [0.15, 0.2) is 0 Å². The van der Waals surface area contributed by atoms with Crippen molar-refractivity contribution in [2.45, 2.75) is 82.5 Å². The molecule has 5 nitrogen and oxygen atoms in total. The van der Waals surface area contributed by atoms with Crippen molar-refractivity contribution in [3.05, 3.63) is 35.9 Å². The molecule has 1 saturated carbocycles. The maximum atomic E-state index is 13.1. The molecule has 2 saturated heterocycles. The number of rotatable bonds is 5. The van der Waals surface area contributed by atoms with Crippen LogP contribution in [0.5, 0.6) is 0 Å². The number of amides is 2. The largest absolute Gasteiger partial charge is 0.351 e. The van der Waals surface area contributed by atoms with Gasteiger partial charge >= 0.3 is 0 Å². The number of carbonyl (C=O) groups excluding carboxylic acids is 2. The minimum atomic E-state index is -0.675. The summed E-state index contributed by atoms with van der Waals surface area (Å²) in [5.74, 6) is 0.225. The number of carbonyl (C=O) groups is 2. The molecule has 5 heteroatoms. The van der Waals surface area contributed by atoms with Gasteiger partial charge in [0.1, 0.15) is 5.54 Å². The average molecular weight is 384 g/mol. The summed E-state index contributed by atoms with van der Waals surface area (Å²) in [7, 11) is 0. The van der Waals surface area contributed by atoms with E-state index in [1.165, 1.54) is 18.4 Å². The summed E-state index contributed by atoms with van der Waals surface area (Å²) in [5, 5.41) is 3.25. The zero-order valence-corrected chi connectivity index (χ0v) is 17.0. The van der Waals surface area contributed by atoms with Crippen molar-refractivity contribution in [3.8, 4) is 0 Å². The highest BCUT2D eigenvalue weighted by atomic mass is 16.2. The van der Waals surface area contributed by atoms with Crippen molar-refractivity contribution in [2.75, 3.05) is 13.1 Å². The third-order valence-electron chi connectivity index (χ3n) is 6.98. The predicted molar refractivity (Wildman–Crippen MR) is 110 cm³/mol. The molecule has 1 aliphatic carbocycles. The standard InChI is InChI=1S/C23H33N3O2/c1-23(22(28)24-19-9-5-6-10-19)14-11-21(27)26(23)20-12-15-25(16-13-20)17-18-7-3-2-4-8-18/h2-4,7-8,19-20H,5-6,9-17H2,1H3,(H,24,28). The monoisotopic (exact) mass is 383 g/mol. The molecule has 2 aliphatic heterocycles. The van der Waals surface area contributed by atoms with E-state index < -0.39 is 5.54 Å². The van der Waals surface area contributed by atoms with E-state index in [2.05, 4.69) is 34.5 Å². The molecule has 3 aliphatic rings. The van der Waals surface area contributed by atoms with Gasteiger partial charge in [-0.05, 0) is 44.6 Å². The highest BCUT2D eigenvalue weighted by molar-refractivity contribution is 5.94. The molecule has 1 aromatic rings. The Morgan fingerprint density at radius 1 is 1.11 bits per heavy atom. The molecule has 28 heavy (non-hydrogen) atoms. The van der Waals surface area contributed by atoms with E-state index in [1.54, 1.807) is 0 Å². The van der Waals surface area contributed by atoms with Gasteiger partial charge in [-0.1, -0.05) is 43.2 Å². The molecule has 3 fully saturated rings. The van der Waals surface area contributed by atoms with Crippen LogP contribution in [0.15, 0.2) is 30.3 Å². The topological polar surface area (TPSA) is 52.7 Å². The Hall–Kier alpha value is -1.88. The van der Waals surface area contributed by atoms with E-state index in [-0.39, 0.29) is 17.9 Å². The summed E-state index contributed by atoms with van der Waals surface area (Å²) in [6.45, 7) is 4.90. The van der Waals surface area contributed by atoms with Gasteiger partial charge in [0.2, 0.25) is 11.8 Å². The SMILES string of the molecule is CC1(C(=O)NC2CCCC2)CCC(=O)N1C1CCN(Cc2ccccc2)CC1. The molecule has 1 aromatic carbocycles. The van der Waals surface area contributed by atoms with Gasteiger partial charge in [0.25, 0.3) is 0 Å². The molecule has 0 radical (unpaired) electrons. The molecule has 4 rings (SSSR count). The first-order valence-corrected chi connectivity index (χ1v) is 11.0. The summed E-state index contributed by atoms with van der Waals surface area (Å²) in [5.41, 5.74) is 0.658. The van der Waals surface area contributed by atoms with Crippen LogP contribution in [0.4, 0.5) is 0 Å². The van der Waals surface area contributed by atoms with E-state index >= 15 is 0 Å². The smallest absolute Gasteiger partial charge is 0.245 e. The van der Waals surface area contributed by atoms with Gasteiger partial charge in [0.05, 0.1) is 0 Å². The number of nitrogens with one attached hydrogen (secondary N) is 1. The maximum Gasteiger partial charge on any atom is 0.245 e. The average Bonchev–Trinajstić information content (AvgIpc) is 3.32. The van der Waals surface area contributed by atoms with Crippen molar-refractivity contribution in [2.24, 2.45) is 0 Å². The van der Waals surface area contributed by atoms with Gasteiger partial charge in [0, 0.05) is 38.1 Å². The minimum absolute atomic E-state index is 0.0666. The van der Waals surface area contributed by atoms with E-state index in [0.717, 1.165) is 45.3 Å². The number of hydrogen-bond acceptors (Lipinski definition) is 3. The van der Waals surface area contributed by atoms with Crippen molar-refractivity contribution in [3.63, 3.8) is 0 Å². The molecule has 1 N–H and O–H groups in total. The van der Waals surface area contributed by atoms with Gasteiger partial charge < -0.3 is 10.2 Å². The zero-order chi connectivity index (χ0) is 19.6. The Bertz CT molecular complexity index is 693. The van der Waals surface area contributed by atoms with E-state index in [4.69, 9.17) is 0 Å². The lowest BCUT2D eigenvalue weighted by Crippen LogP contribution is -2.60. The number of nitrogens with zero attached hydrogens (tertiary/aromatic N) is 2. The van der Waals surface area contributed by atoms with Crippen LogP contribution in [0.1, 0.15) is 63.9 Å². The quantitative estimate of drug-likeness (QED) is 0.850. The Labute approximate surface area is 168 Å². The lowest BCUT2D eigenvalue weighted by molar-refractivity contribution is -0.145. The van der Waals surface area contributed by atoms with Gasteiger partial charge in [-0.2, -0.15) is 0 Å². The maximum absolute atomic E-state index is 13.1. The first kappa shape index (κ1) is 19.4. The van der Waals surface area contributed by atoms with Crippen molar-refractivity contribution in [1.82, 2.24) is 15.1 Å². The van der Waals surface area contributed by atoms with Crippen LogP contribution in [0.3, 0.4) is 0 Å². The Balaban J connectivity index is 1.38. The zero-order valence-electron chi connectivity index (χ0n) is 17.0. The second-order valence-electron chi connectivity index (χ2n) is 8.99. The van der Waals surface area contributed by atoms with Gasteiger partial charge in [-0.3, -0.25) is 14.5 Å². The first-order valence-electron chi connectivity index (χ1n) is 11.0. The fraction of sp³-hybridized carbons (Fsp3) is 0.652. The highest BCUT2D eigenvalue weighted by Crippen LogP contribution is 2.36. The number of hydrogen-bond donors (Lipinski definition) is 1. The second kappa shape index (κ2) is 8.24. The molecular weight excluding hydrogens is 350 g/mol. The van der Waals surface area contributed by atoms with Crippen LogP contribution in [-0.2, 0) is 16.1 Å². The van der Waals surface area contributed by atoms with Gasteiger partial charge in [-0.25, -0.2) is 0 Å². The molecule has 0 aromatic heterocycles. The van der Waals surface area contributed by atoms with Crippen molar-refractivity contribution in [1.29, 1.82) is 0 Å². The molecule has 0 spiro atoms. The number of benzene rings is 1. The van der Waals surface area contributed by atoms with Crippen LogP contribution < -0.4 is 5.32 Å². The number of likely N-dealkylation sites (tertiary alicyclic amines) is 2. The van der Waals surface area contributed by atoms with E-state index in [0.29, 0.717) is 18.9 Å². The first-order chi connectivity index (χ1) is 13.6. The normalized spacial score (nSPS) is 27.5. The summed E-state index contributed by atoms with van der Waals surface area (Å²) in [4.78, 5) is 30.3. The Morgan fingerprint density at radius 3 is 2.46 bits per heavy atom. The molecule has 152 valence electrons. The summed E-state index contributed by atoms with van der Waals surface area (Å²) in [6, 6.07) is 11.0. The Morgan fingerprint density at radius 2 is 1.79 bits per heavy atom. The third-order valence-corrected chi connectivity index (χ3v) is 6.98. The second-order valence-corrected chi connectivity index (χ2v) is 8.99. The summed E-state index contributed by atoms with van der Waals surface area (Å²) in [6.07, 6.45) is 7.60. The fourth-order valence-corrected chi connectivity index (χ4v) is 5.28. The fourth-order valence-electron chi connectivity index (χ4n) is 5.28. The van der Waals surface area contributed by atoms with Crippen LogP contribution in [-0.4, -0.2) is 52.3 Å². The molecular formula is C23H33N3O2. The van der Waals surface area contributed by atoms with Crippen LogP contribution >= 0.6 is 0 Å². The third kappa shape index (κ3) is 3.95. The van der Waals surface area contributed by atoms with E-state index in [9.17, 15) is 9.59 Å². The van der Waals surface area contributed by atoms with Crippen molar-refractivity contribution >= 4 is 11.8 Å². The van der Waals surface area contributed by atoms with Crippen LogP contribution in [0.25, 0.3) is 0 Å². The highest BCUT2D eigenvalue weighted by Gasteiger charge is 2.50. The molecule has 2 amide bonds. The predicted octanol–water partition coefficient (Wildman–Crippen LogP) is 3.09. The van der Waals surface area contributed by atoms with Crippen LogP contribution in [0.2, 0.25) is 0 Å². The van der Waals surface area contributed by atoms with Crippen molar-refractivity contribution < 1.29 is 9.59 Å². The molecule has 1 atom stereocenters. The van der Waals surface area contributed by atoms with Crippen LogP contribution in [0, 0.1) is 0 Å². The summed E-state index contributed by atoms with van der Waals surface area (Å²) >= 11 is 0. The Kier molecular flexibility index (Phi) is 5.72. The van der Waals surface area contributed by atoms with Gasteiger partial charge in [-0.15, -0.1) is 0 Å². The number of piperidine rings is 1. The molecule has 1 unspecified atom stereocenters. The lowest BCUT2D eigenvalue weighted by Gasteiger charge is -2.43. The summed E-state index contributed by atoms with van der Waals surface area (Å²) < 4.78 is 0. The molecule has 0 bridgehead atoms. The molecule has 2 heterocycles.